The van der Waals surface area contributed by atoms with Crippen LogP contribution in [-0.4, -0.2) is 34.2 Å². The van der Waals surface area contributed by atoms with E-state index in [0.29, 0.717) is 5.50 Å². The third-order valence-corrected chi connectivity index (χ3v) is 4.01. The van der Waals surface area contributed by atoms with Crippen molar-refractivity contribution in [1.29, 1.82) is 0 Å². The van der Waals surface area contributed by atoms with Gasteiger partial charge < -0.3 is 5.32 Å². The summed E-state index contributed by atoms with van der Waals surface area (Å²) < 4.78 is 0. The maximum atomic E-state index is 5.11. The summed E-state index contributed by atoms with van der Waals surface area (Å²) in [7, 11) is 0. The molecular weight excluding hydrogens is 188 g/mol. The molecule has 0 amide bonds. The second-order valence-corrected chi connectivity index (χ2v) is 4.89. The number of piperidine rings is 1. The Labute approximate surface area is 83.1 Å². The number of thiocarbonyl (C=S) groups is 1. The van der Waals surface area contributed by atoms with Gasteiger partial charge in [0.05, 0.1) is 4.99 Å². The van der Waals surface area contributed by atoms with Crippen LogP contribution in [0.2, 0.25) is 0 Å². The molecule has 2 saturated heterocycles. The van der Waals surface area contributed by atoms with E-state index in [1.807, 2.05) is 11.8 Å². The minimum absolute atomic E-state index is 0.484. The highest BCUT2D eigenvalue weighted by molar-refractivity contribution is 8.02. The Morgan fingerprint density at radius 1 is 1.33 bits per heavy atom. The maximum absolute atomic E-state index is 5.11. The Balaban J connectivity index is 1.86. The minimum atomic E-state index is 0.484. The van der Waals surface area contributed by atoms with Crippen molar-refractivity contribution in [3.05, 3.63) is 0 Å². The third-order valence-electron chi connectivity index (χ3n) is 2.38. The quantitative estimate of drug-likeness (QED) is 0.647. The zero-order chi connectivity index (χ0) is 8.39. The smallest absolute Gasteiger partial charge is 0.129 e. The average Bonchev–Trinajstić information content (AvgIpc) is 2.54. The largest absolute Gasteiger partial charge is 0.355 e. The van der Waals surface area contributed by atoms with Crippen molar-refractivity contribution in [2.24, 2.45) is 0 Å². The molecule has 1 N–H and O–H groups in total. The van der Waals surface area contributed by atoms with Crippen LogP contribution in [0.15, 0.2) is 0 Å². The molecule has 0 bridgehead atoms. The SMILES string of the molecule is S=C1CSC(N2CCCCC2)N1. The Morgan fingerprint density at radius 3 is 2.67 bits per heavy atom. The van der Waals surface area contributed by atoms with Crippen LogP contribution in [0.1, 0.15) is 19.3 Å². The topological polar surface area (TPSA) is 15.3 Å². The fourth-order valence-corrected chi connectivity index (χ4v) is 3.16. The molecule has 0 spiro atoms. The van der Waals surface area contributed by atoms with Crippen LogP contribution < -0.4 is 5.32 Å². The van der Waals surface area contributed by atoms with Crippen LogP contribution in [0.3, 0.4) is 0 Å². The summed E-state index contributed by atoms with van der Waals surface area (Å²) in [6.45, 7) is 2.49. The number of hydrogen-bond acceptors (Lipinski definition) is 3. The first kappa shape index (κ1) is 8.78. The predicted molar refractivity (Wildman–Crippen MR) is 57.4 cm³/mol. The summed E-state index contributed by atoms with van der Waals surface area (Å²) in [5.74, 6) is 1.01. The number of likely N-dealkylation sites (tertiary alicyclic amines) is 1. The molecule has 0 aromatic rings. The molecule has 4 heteroatoms. The van der Waals surface area contributed by atoms with Gasteiger partial charge in [-0.15, -0.1) is 11.8 Å². The maximum Gasteiger partial charge on any atom is 0.129 e. The number of rotatable bonds is 1. The van der Waals surface area contributed by atoms with Crippen LogP contribution in [0.5, 0.6) is 0 Å². The molecule has 1 atom stereocenters. The Hall–Kier alpha value is 0.200. The van der Waals surface area contributed by atoms with Crippen LogP contribution in [-0.2, 0) is 0 Å². The molecule has 0 aromatic carbocycles. The third kappa shape index (κ3) is 1.92. The van der Waals surface area contributed by atoms with Crippen molar-refractivity contribution in [3.8, 4) is 0 Å². The molecule has 2 aliphatic rings. The summed E-state index contributed by atoms with van der Waals surface area (Å²) in [6, 6.07) is 0. The Kier molecular flexibility index (Phi) is 2.88. The Morgan fingerprint density at radius 2 is 2.08 bits per heavy atom. The summed E-state index contributed by atoms with van der Waals surface area (Å²) in [4.78, 5) is 3.53. The van der Waals surface area contributed by atoms with Crippen molar-refractivity contribution in [2.45, 2.75) is 24.8 Å². The fourth-order valence-electron chi connectivity index (χ4n) is 1.73. The van der Waals surface area contributed by atoms with Gasteiger partial charge in [-0.05, 0) is 12.8 Å². The number of thioether (sulfide) groups is 1. The van der Waals surface area contributed by atoms with E-state index >= 15 is 0 Å². The first-order valence-electron chi connectivity index (χ1n) is 4.51. The van der Waals surface area contributed by atoms with Crippen LogP contribution >= 0.6 is 24.0 Å². The van der Waals surface area contributed by atoms with Crippen molar-refractivity contribution in [2.75, 3.05) is 18.8 Å². The van der Waals surface area contributed by atoms with E-state index in [-0.39, 0.29) is 0 Å². The van der Waals surface area contributed by atoms with Crippen molar-refractivity contribution < 1.29 is 0 Å². The molecule has 2 aliphatic heterocycles. The average molecular weight is 202 g/mol. The van der Waals surface area contributed by atoms with Crippen LogP contribution in [0, 0.1) is 0 Å². The lowest BCUT2D eigenvalue weighted by Crippen LogP contribution is -2.43. The molecule has 2 nitrogen and oxygen atoms in total. The van der Waals surface area contributed by atoms with Crippen molar-refractivity contribution in [1.82, 2.24) is 10.2 Å². The van der Waals surface area contributed by atoms with Gasteiger partial charge in [0, 0.05) is 18.8 Å². The predicted octanol–water partition coefficient (Wildman–Crippen LogP) is 1.42. The highest BCUT2D eigenvalue weighted by Crippen LogP contribution is 2.22. The van der Waals surface area contributed by atoms with Gasteiger partial charge in [-0.25, -0.2) is 0 Å². The second-order valence-electron chi connectivity index (χ2n) is 3.33. The highest BCUT2D eigenvalue weighted by Gasteiger charge is 2.25. The van der Waals surface area contributed by atoms with E-state index < -0.39 is 0 Å². The molecule has 1 unspecified atom stereocenters. The number of hydrogen-bond donors (Lipinski definition) is 1. The molecule has 2 rings (SSSR count). The summed E-state index contributed by atoms with van der Waals surface area (Å²) in [6.07, 6.45) is 4.11. The molecular formula is C8H14N2S2. The minimum Gasteiger partial charge on any atom is -0.355 e. The molecule has 2 fully saturated rings. The van der Waals surface area contributed by atoms with Gasteiger partial charge in [-0.2, -0.15) is 0 Å². The monoisotopic (exact) mass is 202 g/mol. The first-order chi connectivity index (χ1) is 5.86. The summed E-state index contributed by atoms with van der Waals surface area (Å²) >= 11 is 7.04. The highest BCUT2D eigenvalue weighted by atomic mass is 32.2. The van der Waals surface area contributed by atoms with E-state index in [2.05, 4.69) is 10.2 Å². The first-order valence-corrected chi connectivity index (χ1v) is 5.97. The lowest BCUT2D eigenvalue weighted by atomic mass is 10.1. The van der Waals surface area contributed by atoms with Gasteiger partial charge in [0.2, 0.25) is 0 Å². The van der Waals surface area contributed by atoms with Crippen LogP contribution in [0.25, 0.3) is 0 Å². The van der Waals surface area contributed by atoms with Crippen LogP contribution in [0.4, 0.5) is 0 Å². The molecule has 68 valence electrons. The molecule has 0 radical (unpaired) electrons. The zero-order valence-corrected chi connectivity index (χ0v) is 8.72. The van der Waals surface area contributed by atoms with E-state index in [0.717, 1.165) is 10.7 Å². The lowest BCUT2D eigenvalue weighted by molar-refractivity contribution is 0.207. The van der Waals surface area contributed by atoms with Gasteiger partial charge >= 0.3 is 0 Å². The van der Waals surface area contributed by atoms with Crippen molar-refractivity contribution >= 4 is 29.0 Å². The molecule has 2 heterocycles. The fraction of sp³-hybridized carbons (Fsp3) is 0.875. The zero-order valence-electron chi connectivity index (χ0n) is 7.08. The van der Waals surface area contributed by atoms with E-state index in [9.17, 15) is 0 Å². The van der Waals surface area contributed by atoms with E-state index in [1.54, 1.807) is 0 Å². The van der Waals surface area contributed by atoms with E-state index in [4.69, 9.17) is 12.2 Å². The van der Waals surface area contributed by atoms with Gasteiger partial charge in [0.25, 0.3) is 0 Å². The molecule has 0 saturated carbocycles. The second kappa shape index (κ2) is 3.94. The molecule has 12 heavy (non-hydrogen) atoms. The number of nitrogens with one attached hydrogen (secondary N) is 1. The summed E-state index contributed by atoms with van der Waals surface area (Å²) in [5.41, 5.74) is 0.484. The standard InChI is InChI=1S/C8H14N2S2/c11-7-6-12-8(9-7)10-4-2-1-3-5-10/h8H,1-6H2,(H,9,11). The molecule has 0 aliphatic carbocycles. The molecule has 0 aromatic heterocycles. The van der Waals surface area contributed by atoms with E-state index in [1.165, 1.54) is 32.4 Å². The number of nitrogens with zero attached hydrogens (tertiary/aromatic N) is 1. The Bertz CT molecular complexity index is 178. The summed E-state index contributed by atoms with van der Waals surface area (Å²) in [5, 5.41) is 3.34. The van der Waals surface area contributed by atoms with Gasteiger partial charge in [-0.3, -0.25) is 4.90 Å². The normalized spacial score (nSPS) is 32.0. The van der Waals surface area contributed by atoms with Gasteiger partial charge in [-0.1, -0.05) is 18.6 Å². The van der Waals surface area contributed by atoms with Crippen molar-refractivity contribution in [3.63, 3.8) is 0 Å². The van der Waals surface area contributed by atoms with Gasteiger partial charge in [0.1, 0.15) is 5.50 Å². The lowest BCUT2D eigenvalue weighted by Gasteiger charge is -2.31. The van der Waals surface area contributed by atoms with Gasteiger partial charge in [0.15, 0.2) is 0 Å².